The van der Waals surface area contributed by atoms with Gasteiger partial charge in [-0.05, 0) is 29.0 Å². The highest BCUT2D eigenvalue weighted by Gasteiger charge is 2.02. The van der Waals surface area contributed by atoms with Crippen molar-refractivity contribution in [2.75, 3.05) is 7.11 Å². The van der Waals surface area contributed by atoms with Gasteiger partial charge in [-0.1, -0.05) is 35.0 Å². The lowest BCUT2D eigenvalue weighted by atomic mass is 10.1. The molecule has 1 N–H and O–H groups in total. The quantitative estimate of drug-likeness (QED) is 0.493. The van der Waals surface area contributed by atoms with Gasteiger partial charge in [0, 0.05) is 5.56 Å². The molecule has 0 bridgehead atoms. The first-order valence-corrected chi connectivity index (χ1v) is 5.08. The Labute approximate surface area is 97.9 Å². The molecule has 2 rings (SSSR count). The molecule has 0 aliphatic heterocycles. The summed E-state index contributed by atoms with van der Waals surface area (Å²) < 4.78 is 5.13. The Morgan fingerprint density at radius 1 is 1.19 bits per heavy atom. The fourth-order valence-corrected chi connectivity index (χ4v) is 1.65. The van der Waals surface area contributed by atoms with E-state index in [1.165, 1.54) is 0 Å². The summed E-state index contributed by atoms with van der Waals surface area (Å²) in [7, 11) is 1.63. The summed E-state index contributed by atoms with van der Waals surface area (Å²) in [5, 5.41) is 13.7. The molecule has 16 heavy (non-hydrogen) atoms. The molecule has 0 fully saturated rings. The molecule has 0 heterocycles. The van der Waals surface area contributed by atoms with Crippen LogP contribution in [0.2, 0.25) is 0 Å². The Balaban J connectivity index is 2.56. The molecule has 0 saturated heterocycles. The highest BCUT2D eigenvalue weighted by molar-refractivity contribution is 6.69. The molecule has 4 heteroatoms. The second kappa shape index (κ2) is 4.41. The number of hydrogen-bond donors (Lipinski definition) is 1. The lowest BCUT2D eigenvalue weighted by Gasteiger charge is -2.04. The zero-order valence-electron chi connectivity index (χ0n) is 8.64. The minimum atomic E-state index is 0.0812. The van der Waals surface area contributed by atoms with E-state index in [9.17, 15) is 0 Å². The van der Waals surface area contributed by atoms with Gasteiger partial charge in [0.05, 0.1) is 7.11 Å². The third-order valence-corrected chi connectivity index (χ3v) is 2.67. The van der Waals surface area contributed by atoms with Crippen molar-refractivity contribution in [2.24, 2.45) is 5.16 Å². The van der Waals surface area contributed by atoms with Crippen LogP contribution in [0.15, 0.2) is 41.6 Å². The molecule has 0 aromatic heterocycles. The second-order valence-corrected chi connectivity index (χ2v) is 3.68. The lowest BCUT2D eigenvalue weighted by Crippen LogP contribution is -1.90. The predicted molar refractivity (Wildman–Crippen MR) is 64.7 cm³/mol. The molecule has 0 unspecified atom stereocenters. The number of ether oxygens (including phenoxy) is 1. The smallest absolute Gasteiger partial charge is 0.175 e. The maximum atomic E-state index is 8.58. The summed E-state index contributed by atoms with van der Waals surface area (Å²) in [5.41, 5.74) is 0.682. The van der Waals surface area contributed by atoms with Gasteiger partial charge in [0.15, 0.2) is 5.17 Å². The maximum absolute atomic E-state index is 8.58. The van der Waals surface area contributed by atoms with Crippen LogP contribution >= 0.6 is 11.6 Å². The Kier molecular flexibility index (Phi) is 2.97. The van der Waals surface area contributed by atoms with Crippen LogP contribution in [0.4, 0.5) is 0 Å². The van der Waals surface area contributed by atoms with Crippen molar-refractivity contribution in [1.29, 1.82) is 0 Å². The topological polar surface area (TPSA) is 41.8 Å². The molecule has 2 aromatic rings. The van der Waals surface area contributed by atoms with Gasteiger partial charge in [0.1, 0.15) is 5.75 Å². The van der Waals surface area contributed by atoms with Crippen molar-refractivity contribution in [1.82, 2.24) is 0 Å². The number of nitrogens with zero attached hydrogens (tertiary/aromatic N) is 1. The molecule has 0 amide bonds. The molecule has 0 radical (unpaired) electrons. The first-order chi connectivity index (χ1) is 7.74. The van der Waals surface area contributed by atoms with E-state index in [0.29, 0.717) is 5.56 Å². The average Bonchev–Trinajstić information content (AvgIpc) is 2.36. The highest BCUT2D eigenvalue weighted by Crippen LogP contribution is 2.22. The van der Waals surface area contributed by atoms with Crippen molar-refractivity contribution >= 4 is 27.5 Å². The summed E-state index contributed by atoms with van der Waals surface area (Å²) in [6.07, 6.45) is 0. The monoisotopic (exact) mass is 235 g/mol. The van der Waals surface area contributed by atoms with Crippen LogP contribution < -0.4 is 4.74 Å². The van der Waals surface area contributed by atoms with Crippen molar-refractivity contribution in [2.45, 2.75) is 0 Å². The van der Waals surface area contributed by atoms with E-state index >= 15 is 0 Å². The summed E-state index contributed by atoms with van der Waals surface area (Å²) >= 11 is 5.72. The summed E-state index contributed by atoms with van der Waals surface area (Å²) in [6.45, 7) is 0. The van der Waals surface area contributed by atoms with E-state index in [0.717, 1.165) is 16.5 Å². The number of benzene rings is 2. The molecular weight excluding hydrogens is 226 g/mol. The van der Waals surface area contributed by atoms with Crippen LogP contribution in [-0.4, -0.2) is 17.5 Å². The third kappa shape index (κ3) is 1.95. The molecule has 0 spiro atoms. The van der Waals surface area contributed by atoms with Gasteiger partial charge in [-0.2, -0.15) is 0 Å². The third-order valence-electron chi connectivity index (χ3n) is 2.37. The normalized spacial score (nSPS) is 11.8. The van der Waals surface area contributed by atoms with Crippen molar-refractivity contribution in [3.8, 4) is 5.75 Å². The molecular formula is C12H10ClNO2. The molecule has 0 saturated carbocycles. The SMILES string of the molecule is COc1ccc2cc(C(Cl)=NO)ccc2c1. The summed E-state index contributed by atoms with van der Waals surface area (Å²) in [4.78, 5) is 0. The minimum absolute atomic E-state index is 0.0812. The number of rotatable bonds is 2. The Morgan fingerprint density at radius 3 is 2.56 bits per heavy atom. The van der Waals surface area contributed by atoms with Crippen LogP contribution in [0.25, 0.3) is 10.8 Å². The van der Waals surface area contributed by atoms with Crippen LogP contribution in [0.5, 0.6) is 5.75 Å². The van der Waals surface area contributed by atoms with Crippen LogP contribution in [-0.2, 0) is 0 Å². The minimum Gasteiger partial charge on any atom is -0.497 e. The van der Waals surface area contributed by atoms with Crippen LogP contribution in [0.3, 0.4) is 0 Å². The van der Waals surface area contributed by atoms with E-state index in [1.54, 1.807) is 13.2 Å². The second-order valence-electron chi connectivity index (χ2n) is 3.32. The van der Waals surface area contributed by atoms with Crippen LogP contribution in [0, 0.1) is 0 Å². The van der Waals surface area contributed by atoms with E-state index in [1.807, 2.05) is 30.3 Å². The van der Waals surface area contributed by atoms with E-state index < -0.39 is 0 Å². The largest absolute Gasteiger partial charge is 0.497 e. The predicted octanol–water partition coefficient (Wildman–Crippen LogP) is 3.22. The van der Waals surface area contributed by atoms with E-state index in [4.69, 9.17) is 21.5 Å². The van der Waals surface area contributed by atoms with Gasteiger partial charge >= 0.3 is 0 Å². The van der Waals surface area contributed by atoms with E-state index in [-0.39, 0.29) is 5.17 Å². The highest BCUT2D eigenvalue weighted by atomic mass is 35.5. The number of halogens is 1. The fourth-order valence-electron chi connectivity index (χ4n) is 1.54. The zero-order chi connectivity index (χ0) is 11.5. The standard InChI is InChI=1S/C12H10ClNO2/c1-16-11-5-4-8-6-10(12(13)14-15)3-2-9(8)7-11/h2-7,15H,1H3. The van der Waals surface area contributed by atoms with Gasteiger partial charge in [-0.25, -0.2) is 0 Å². The first-order valence-electron chi connectivity index (χ1n) is 4.70. The molecule has 0 atom stereocenters. The number of fused-ring (bicyclic) bond motifs is 1. The Morgan fingerprint density at radius 2 is 1.88 bits per heavy atom. The van der Waals surface area contributed by atoms with E-state index in [2.05, 4.69) is 5.16 Å². The molecule has 2 aromatic carbocycles. The summed E-state index contributed by atoms with van der Waals surface area (Å²) in [5.74, 6) is 0.808. The van der Waals surface area contributed by atoms with Gasteiger partial charge in [-0.15, -0.1) is 0 Å². The molecule has 3 nitrogen and oxygen atoms in total. The van der Waals surface area contributed by atoms with Gasteiger partial charge in [0.25, 0.3) is 0 Å². The number of oxime groups is 1. The van der Waals surface area contributed by atoms with Crippen molar-refractivity contribution in [3.63, 3.8) is 0 Å². The average molecular weight is 236 g/mol. The van der Waals surface area contributed by atoms with Crippen molar-refractivity contribution < 1.29 is 9.94 Å². The molecule has 82 valence electrons. The number of methoxy groups -OCH3 is 1. The first kappa shape index (κ1) is 10.8. The summed E-state index contributed by atoms with van der Waals surface area (Å²) in [6, 6.07) is 11.3. The maximum Gasteiger partial charge on any atom is 0.175 e. The van der Waals surface area contributed by atoms with Gasteiger partial charge < -0.3 is 9.94 Å². The van der Waals surface area contributed by atoms with Crippen molar-refractivity contribution in [3.05, 3.63) is 42.0 Å². The lowest BCUT2D eigenvalue weighted by molar-refractivity contribution is 0.321. The molecule has 0 aliphatic carbocycles. The molecule has 0 aliphatic rings. The van der Waals surface area contributed by atoms with Gasteiger partial charge in [0.2, 0.25) is 0 Å². The number of hydrogen-bond acceptors (Lipinski definition) is 3. The Hall–Kier alpha value is -1.74. The fraction of sp³-hybridized carbons (Fsp3) is 0.0833. The van der Waals surface area contributed by atoms with Crippen LogP contribution in [0.1, 0.15) is 5.56 Å². The zero-order valence-corrected chi connectivity index (χ0v) is 9.40. The Bertz CT molecular complexity index is 552. The van der Waals surface area contributed by atoms with Gasteiger partial charge in [-0.3, -0.25) is 0 Å².